The first-order valence-electron chi connectivity index (χ1n) is 4.39. The molecule has 0 fully saturated rings. The Kier molecular flexibility index (Phi) is 3.69. The van der Waals surface area contributed by atoms with Crippen LogP contribution in [0.25, 0.3) is 0 Å². The van der Waals surface area contributed by atoms with Gasteiger partial charge in [0.1, 0.15) is 5.03 Å². The Hall–Kier alpha value is -0.770. The number of halogens is 3. The van der Waals surface area contributed by atoms with Crippen molar-refractivity contribution in [2.75, 3.05) is 0 Å². The number of benzene rings is 1. The standard InChI is InChI=1S/C11H6Cl2FNS/c12-7-1-3-9(4-2-7)16-11-10(14)5-8(13)6-15-11/h1-6H. The van der Waals surface area contributed by atoms with Crippen LogP contribution in [0.2, 0.25) is 10.0 Å². The summed E-state index contributed by atoms with van der Waals surface area (Å²) < 4.78 is 13.4. The lowest BCUT2D eigenvalue weighted by molar-refractivity contribution is 0.588. The topological polar surface area (TPSA) is 12.9 Å². The van der Waals surface area contributed by atoms with E-state index >= 15 is 0 Å². The molecular formula is C11H6Cl2FNS. The molecule has 0 aliphatic carbocycles. The molecule has 0 N–H and O–H groups in total. The monoisotopic (exact) mass is 273 g/mol. The van der Waals surface area contributed by atoms with Gasteiger partial charge in [0.25, 0.3) is 0 Å². The van der Waals surface area contributed by atoms with Gasteiger partial charge in [-0.25, -0.2) is 9.37 Å². The molecule has 1 aromatic heterocycles. The molecule has 2 rings (SSSR count). The zero-order valence-electron chi connectivity index (χ0n) is 7.95. The SMILES string of the molecule is Fc1cc(Cl)cnc1Sc1ccc(Cl)cc1. The van der Waals surface area contributed by atoms with Crippen molar-refractivity contribution >= 4 is 35.0 Å². The van der Waals surface area contributed by atoms with E-state index in [9.17, 15) is 4.39 Å². The van der Waals surface area contributed by atoms with Gasteiger partial charge in [-0.3, -0.25) is 0 Å². The molecule has 0 atom stereocenters. The molecule has 0 saturated carbocycles. The van der Waals surface area contributed by atoms with Gasteiger partial charge in [0.15, 0.2) is 5.82 Å². The summed E-state index contributed by atoms with van der Waals surface area (Å²) in [5.41, 5.74) is 0. The number of pyridine rings is 1. The van der Waals surface area contributed by atoms with Gasteiger partial charge in [0, 0.05) is 16.1 Å². The zero-order chi connectivity index (χ0) is 11.5. The Labute approximate surface area is 107 Å². The number of aromatic nitrogens is 1. The van der Waals surface area contributed by atoms with Crippen LogP contribution in [0.3, 0.4) is 0 Å². The van der Waals surface area contributed by atoms with Crippen LogP contribution in [-0.4, -0.2) is 4.98 Å². The Morgan fingerprint density at radius 1 is 1.06 bits per heavy atom. The molecular weight excluding hydrogens is 268 g/mol. The average molecular weight is 274 g/mol. The van der Waals surface area contributed by atoms with Crippen molar-refractivity contribution in [1.82, 2.24) is 4.98 Å². The maximum Gasteiger partial charge on any atom is 0.157 e. The largest absolute Gasteiger partial charge is 0.245 e. The molecule has 0 spiro atoms. The molecule has 0 bridgehead atoms. The second-order valence-electron chi connectivity index (χ2n) is 3.00. The lowest BCUT2D eigenvalue weighted by atomic mass is 10.4. The minimum absolute atomic E-state index is 0.290. The Balaban J connectivity index is 2.23. The minimum Gasteiger partial charge on any atom is -0.245 e. The van der Waals surface area contributed by atoms with E-state index in [-0.39, 0.29) is 5.02 Å². The van der Waals surface area contributed by atoms with Gasteiger partial charge in [-0.2, -0.15) is 0 Å². The van der Waals surface area contributed by atoms with Crippen LogP contribution in [0.1, 0.15) is 0 Å². The summed E-state index contributed by atoms with van der Waals surface area (Å²) >= 11 is 12.6. The maximum absolute atomic E-state index is 13.4. The highest BCUT2D eigenvalue weighted by Crippen LogP contribution is 2.29. The van der Waals surface area contributed by atoms with Crippen molar-refractivity contribution in [3.8, 4) is 0 Å². The van der Waals surface area contributed by atoms with E-state index in [4.69, 9.17) is 23.2 Å². The summed E-state index contributed by atoms with van der Waals surface area (Å²) in [7, 11) is 0. The van der Waals surface area contributed by atoms with Crippen LogP contribution < -0.4 is 0 Å². The first-order valence-corrected chi connectivity index (χ1v) is 5.97. The summed E-state index contributed by atoms with van der Waals surface area (Å²) in [5.74, 6) is -0.424. The summed E-state index contributed by atoms with van der Waals surface area (Å²) in [4.78, 5) is 4.79. The molecule has 16 heavy (non-hydrogen) atoms. The predicted molar refractivity (Wildman–Crippen MR) is 64.8 cm³/mol. The van der Waals surface area contributed by atoms with Gasteiger partial charge in [-0.15, -0.1) is 0 Å². The molecule has 1 aromatic carbocycles. The highest BCUT2D eigenvalue weighted by atomic mass is 35.5. The van der Waals surface area contributed by atoms with Gasteiger partial charge in [-0.05, 0) is 30.3 Å². The Bertz CT molecular complexity index is 502. The van der Waals surface area contributed by atoms with Crippen LogP contribution in [0, 0.1) is 5.82 Å². The van der Waals surface area contributed by atoms with Gasteiger partial charge in [0.05, 0.1) is 5.02 Å². The van der Waals surface area contributed by atoms with E-state index in [1.165, 1.54) is 24.0 Å². The molecule has 82 valence electrons. The molecule has 1 nitrogen and oxygen atoms in total. The fourth-order valence-corrected chi connectivity index (χ4v) is 2.12. The zero-order valence-corrected chi connectivity index (χ0v) is 10.3. The van der Waals surface area contributed by atoms with Crippen molar-refractivity contribution < 1.29 is 4.39 Å². The number of hydrogen-bond donors (Lipinski definition) is 0. The molecule has 1 heterocycles. The molecule has 0 aliphatic heterocycles. The smallest absolute Gasteiger partial charge is 0.157 e. The normalized spacial score (nSPS) is 10.4. The number of nitrogens with zero attached hydrogens (tertiary/aromatic N) is 1. The van der Waals surface area contributed by atoms with E-state index in [0.717, 1.165) is 4.90 Å². The molecule has 0 unspecified atom stereocenters. The third kappa shape index (κ3) is 2.88. The van der Waals surface area contributed by atoms with Crippen molar-refractivity contribution in [3.63, 3.8) is 0 Å². The van der Waals surface area contributed by atoms with Crippen molar-refractivity contribution in [2.24, 2.45) is 0 Å². The lowest BCUT2D eigenvalue weighted by Crippen LogP contribution is -1.85. The van der Waals surface area contributed by atoms with Crippen molar-refractivity contribution in [3.05, 3.63) is 52.4 Å². The molecule has 5 heteroatoms. The predicted octanol–water partition coefficient (Wildman–Crippen LogP) is 4.68. The van der Waals surface area contributed by atoms with Gasteiger partial charge in [-0.1, -0.05) is 35.0 Å². The fourth-order valence-electron chi connectivity index (χ4n) is 1.09. The number of hydrogen-bond acceptors (Lipinski definition) is 2. The molecule has 2 aromatic rings. The van der Waals surface area contributed by atoms with E-state index < -0.39 is 5.82 Å². The molecule has 0 aliphatic rings. The van der Waals surface area contributed by atoms with Crippen LogP contribution in [0.4, 0.5) is 4.39 Å². The van der Waals surface area contributed by atoms with Gasteiger partial charge < -0.3 is 0 Å². The van der Waals surface area contributed by atoms with E-state index in [1.807, 2.05) is 12.1 Å². The van der Waals surface area contributed by atoms with Crippen LogP contribution in [0.5, 0.6) is 0 Å². The maximum atomic E-state index is 13.4. The average Bonchev–Trinajstić information content (AvgIpc) is 2.25. The van der Waals surface area contributed by atoms with Crippen LogP contribution in [-0.2, 0) is 0 Å². The quantitative estimate of drug-likeness (QED) is 0.788. The number of rotatable bonds is 2. The first-order chi connectivity index (χ1) is 7.65. The molecule has 0 amide bonds. The van der Waals surface area contributed by atoms with E-state index in [2.05, 4.69) is 4.98 Å². The highest BCUT2D eigenvalue weighted by molar-refractivity contribution is 7.99. The fraction of sp³-hybridized carbons (Fsp3) is 0. The van der Waals surface area contributed by atoms with Crippen molar-refractivity contribution in [2.45, 2.75) is 9.92 Å². The second kappa shape index (κ2) is 5.04. The Morgan fingerprint density at radius 3 is 2.38 bits per heavy atom. The third-order valence-corrected chi connectivity index (χ3v) is 3.26. The summed E-state index contributed by atoms with van der Waals surface area (Å²) in [6, 6.07) is 8.35. The first kappa shape index (κ1) is 11.7. The van der Waals surface area contributed by atoms with Crippen molar-refractivity contribution in [1.29, 1.82) is 0 Å². The Morgan fingerprint density at radius 2 is 1.75 bits per heavy atom. The van der Waals surface area contributed by atoms with E-state index in [0.29, 0.717) is 10.0 Å². The summed E-state index contributed by atoms with van der Waals surface area (Å²) in [5, 5.41) is 1.23. The summed E-state index contributed by atoms with van der Waals surface area (Å²) in [6.45, 7) is 0. The summed E-state index contributed by atoms with van der Waals surface area (Å²) in [6.07, 6.45) is 1.42. The minimum atomic E-state index is -0.424. The van der Waals surface area contributed by atoms with E-state index in [1.54, 1.807) is 12.1 Å². The molecule has 0 saturated heterocycles. The highest BCUT2D eigenvalue weighted by Gasteiger charge is 2.06. The lowest BCUT2D eigenvalue weighted by Gasteiger charge is -2.02. The van der Waals surface area contributed by atoms with Gasteiger partial charge in [0.2, 0.25) is 0 Å². The third-order valence-electron chi connectivity index (χ3n) is 1.80. The van der Waals surface area contributed by atoms with Crippen LogP contribution >= 0.6 is 35.0 Å². The van der Waals surface area contributed by atoms with Crippen LogP contribution in [0.15, 0.2) is 46.5 Å². The molecule has 0 radical (unpaired) electrons. The second-order valence-corrected chi connectivity index (χ2v) is 4.93. The van der Waals surface area contributed by atoms with Gasteiger partial charge >= 0.3 is 0 Å².